The predicted octanol–water partition coefficient (Wildman–Crippen LogP) is 2.75. The van der Waals surface area contributed by atoms with Crippen LogP contribution in [0.25, 0.3) is 0 Å². The standard InChI is InChI=1S/C17H22FN5O/c1-12-19-16(21-22(12)2)20-17(24)23-9-3-4-14(11-23)10-13-5-7-15(18)8-6-13/h5-8,14H,3-4,9-11H2,1-2H3,(H,20,21,24). The van der Waals surface area contributed by atoms with Gasteiger partial charge in [-0.15, -0.1) is 5.10 Å². The van der Waals surface area contributed by atoms with Crippen molar-refractivity contribution in [3.63, 3.8) is 0 Å². The van der Waals surface area contributed by atoms with Gasteiger partial charge < -0.3 is 4.90 Å². The van der Waals surface area contributed by atoms with Crippen LogP contribution in [-0.2, 0) is 13.5 Å². The van der Waals surface area contributed by atoms with Crippen LogP contribution in [0.1, 0.15) is 24.2 Å². The number of halogens is 1. The van der Waals surface area contributed by atoms with Gasteiger partial charge in [0.15, 0.2) is 0 Å². The highest BCUT2D eigenvalue weighted by molar-refractivity contribution is 5.87. The van der Waals surface area contributed by atoms with Crippen molar-refractivity contribution in [2.75, 3.05) is 18.4 Å². The number of aromatic nitrogens is 3. The second-order valence-electron chi connectivity index (χ2n) is 6.32. The van der Waals surface area contributed by atoms with Gasteiger partial charge in [0.25, 0.3) is 0 Å². The minimum Gasteiger partial charge on any atom is -0.324 e. The van der Waals surface area contributed by atoms with Gasteiger partial charge in [-0.05, 0) is 49.8 Å². The Morgan fingerprint density at radius 1 is 1.38 bits per heavy atom. The molecule has 1 fully saturated rings. The number of rotatable bonds is 3. The van der Waals surface area contributed by atoms with Gasteiger partial charge in [-0.1, -0.05) is 12.1 Å². The number of nitrogens with zero attached hydrogens (tertiary/aromatic N) is 4. The van der Waals surface area contributed by atoms with Gasteiger partial charge in [0, 0.05) is 20.1 Å². The minimum atomic E-state index is -0.221. The molecule has 1 unspecified atom stereocenters. The number of carbonyl (C=O) groups excluding carboxylic acids is 1. The van der Waals surface area contributed by atoms with Crippen molar-refractivity contribution in [3.8, 4) is 0 Å². The molecule has 0 spiro atoms. The Bertz CT molecular complexity index is 693. The van der Waals surface area contributed by atoms with E-state index < -0.39 is 0 Å². The second kappa shape index (κ2) is 6.98. The van der Waals surface area contributed by atoms with E-state index in [4.69, 9.17) is 0 Å². The third-order valence-corrected chi connectivity index (χ3v) is 4.44. The molecule has 2 amide bonds. The van der Waals surface area contributed by atoms with Crippen molar-refractivity contribution in [3.05, 3.63) is 41.5 Å². The minimum absolute atomic E-state index is 0.163. The largest absolute Gasteiger partial charge is 0.324 e. The van der Waals surface area contributed by atoms with Gasteiger partial charge in [-0.2, -0.15) is 4.98 Å². The Balaban J connectivity index is 1.58. The second-order valence-corrected chi connectivity index (χ2v) is 6.32. The highest BCUT2D eigenvalue weighted by atomic mass is 19.1. The SMILES string of the molecule is Cc1nc(NC(=O)N2CCCC(Cc3ccc(F)cc3)C2)nn1C. The molecule has 2 heterocycles. The maximum Gasteiger partial charge on any atom is 0.324 e. The van der Waals surface area contributed by atoms with E-state index in [-0.39, 0.29) is 11.8 Å². The molecule has 1 aromatic carbocycles. The number of piperidine rings is 1. The molecule has 6 nitrogen and oxygen atoms in total. The van der Waals surface area contributed by atoms with Crippen LogP contribution in [0, 0.1) is 18.7 Å². The summed E-state index contributed by atoms with van der Waals surface area (Å²) in [6.45, 7) is 3.26. The summed E-state index contributed by atoms with van der Waals surface area (Å²) in [5.41, 5.74) is 1.10. The summed E-state index contributed by atoms with van der Waals surface area (Å²) in [4.78, 5) is 18.4. The van der Waals surface area contributed by atoms with Crippen molar-refractivity contribution < 1.29 is 9.18 Å². The molecule has 128 valence electrons. The molecule has 1 aromatic heterocycles. The van der Waals surface area contributed by atoms with Gasteiger partial charge in [-0.25, -0.2) is 9.18 Å². The van der Waals surface area contributed by atoms with E-state index in [1.54, 1.807) is 11.7 Å². The van der Waals surface area contributed by atoms with Crippen molar-refractivity contribution in [2.45, 2.75) is 26.2 Å². The molecule has 1 N–H and O–H groups in total. The number of hydrogen-bond acceptors (Lipinski definition) is 3. The number of carbonyl (C=O) groups is 1. The van der Waals surface area contributed by atoms with E-state index in [0.29, 0.717) is 18.4 Å². The van der Waals surface area contributed by atoms with Gasteiger partial charge in [0.05, 0.1) is 0 Å². The van der Waals surface area contributed by atoms with Crippen LogP contribution in [0.3, 0.4) is 0 Å². The van der Waals surface area contributed by atoms with E-state index in [1.807, 2.05) is 24.0 Å². The Kier molecular flexibility index (Phi) is 4.78. The zero-order chi connectivity index (χ0) is 17.1. The summed E-state index contributed by atoms with van der Waals surface area (Å²) in [6, 6.07) is 6.43. The van der Waals surface area contributed by atoms with E-state index in [0.717, 1.165) is 37.2 Å². The average Bonchev–Trinajstić information content (AvgIpc) is 2.87. The van der Waals surface area contributed by atoms with Crippen molar-refractivity contribution in [1.29, 1.82) is 0 Å². The van der Waals surface area contributed by atoms with Crippen LogP contribution in [0.4, 0.5) is 15.1 Å². The molecule has 1 atom stereocenters. The Morgan fingerprint density at radius 2 is 2.12 bits per heavy atom. The van der Waals surface area contributed by atoms with E-state index >= 15 is 0 Å². The lowest BCUT2D eigenvalue weighted by molar-refractivity contribution is 0.177. The molecule has 1 saturated heterocycles. The van der Waals surface area contributed by atoms with Crippen molar-refractivity contribution >= 4 is 12.0 Å². The third kappa shape index (κ3) is 3.90. The fourth-order valence-corrected chi connectivity index (χ4v) is 3.06. The fraction of sp³-hybridized carbons (Fsp3) is 0.471. The van der Waals surface area contributed by atoms with Crippen LogP contribution in [0.15, 0.2) is 24.3 Å². The summed E-state index contributed by atoms with van der Waals surface area (Å²) in [5.74, 6) is 1.24. The monoisotopic (exact) mass is 331 g/mol. The number of hydrogen-bond donors (Lipinski definition) is 1. The highest BCUT2D eigenvalue weighted by Gasteiger charge is 2.24. The van der Waals surface area contributed by atoms with Crippen LogP contribution >= 0.6 is 0 Å². The smallest absolute Gasteiger partial charge is 0.324 e. The molecule has 0 saturated carbocycles. The Labute approximate surface area is 140 Å². The summed E-state index contributed by atoms with van der Waals surface area (Å²) >= 11 is 0. The van der Waals surface area contributed by atoms with Crippen LogP contribution in [0.2, 0.25) is 0 Å². The molecule has 0 radical (unpaired) electrons. The number of nitrogens with one attached hydrogen (secondary N) is 1. The summed E-state index contributed by atoms with van der Waals surface area (Å²) in [5, 5.41) is 6.91. The van der Waals surface area contributed by atoms with Crippen LogP contribution < -0.4 is 5.32 Å². The lowest BCUT2D eigenvalue weighted by Crippen LogP contribution is -2.43. The topological polar surface area (TPSA) is 63.1 Å². The van der Waals surface area contributed by atoms with E-state index in [1.165, 1.54) is 12.1 Å². The molecular weight excluding hydrogens is 309 g/mol. The number of amides is 2. The summed E-state index contributed by atoms with van der Waals surface area (Å²) in [6.07, 6.45) is 2.89. The van der Waals surface area contributed by atoms with E-state index in [9.17, 15) is 9.18 Å². The number of urea groups is 1. The first-order chi connectivity index (χ1) is 11.5. The summed E-state index contributed by atoms with van der Waals surface area (Å²) < 4.78 is 14.6. The van der Waals surface area contributed by atoms with Gasteiger partial charge in [0.2, 0.25) is 5.95 Å². The number of benzene rings is 1. The fourth-order valence-electron chi connectivity index (χ4n) is 3.06. The number of aryl methyl sites for hydroxylation is 2. The molecule has 0 bridgehead atoms. The molecule has 7 heteroatoms. The van der Waals surface area contributed by atoms with Crippen molar-refractivity contribution in [2.24, 2.45) is 13.0 Å². The maximum absolute atomic E-state index is 13.0. The molecule has 2 aromatic rings. The predicted molar refractivity (Wildman–Crippen MR) is 89.2 cm³/mol. The Morgan fingerprint density at radius 3 is 2.79 bits per heavy atom. The first-order valence-corrected chi connectivity index (χ1v) is 8.19. The Hall–Kier alpha value is -2.44. The first kappa shape index (κ1) is 16.4. The van der Waals surface area contributed by atoms with E-state index in [2.05, 4.69) is 15.4 Å². The highest BCUT2D eigenvalue weighted by Crippen LogP contribution is 2.21. The zero-order valence-corrected chi connectivity index (χ0v) is 14.0. The van der Waals surface area contributed by atoms with Gasteiger partial charge in [0.1, 0.15) is 11.6 Å². The molecular formula is C17H22FN5O. The number of likely N-dealkylation sites (tertiary alicyclic amines) is 1. The quantitative estimate of drug-likeness (QED) is 0.940. The van der Waals surface area contributed by atoms with Crippen LogP contribution in [0.5, 0.6) is 0 Å². The molecule has 0 aliphatic carbocycles. The maximum atomic E-state index is 13.0. The molecule has 3 rings (SSSR count). The lowest BCUT2D eigenvalue weighted by Gasteiger charge is -2.32. The van der Waals surface area contributed by atoms with Gasteiger partial charge in [-0.3, -0.25) is 10.00 Å². The average molecular weight is 331 g/mol. The van der Waals surface area contributed by atoms with Crippen molar-refractivity contribution in [1.82, 2.24) is 19.7 Å². The summed E-state index contributed by atoms with van der Waals surface area (Å²) in [7, 11) is 1.79. The third-order valence-electron chi connectivity index (χ3n) is 4.44. The van der Waals surface area contributed by atoms with Crippen LogP contribution in [-0.4, -0.2) is 38.8 Å². The molecule has 1 aliphatic rings. The first-order valence-electron chi connectivity index (χ1n) is 8.19. The van der Waals surface area contributed by atoms with Gasteiger partial charge >= 0.3 is 6.03 Å². The molecule has 1 aliphatic heterocycles. The number of anilines is 1. The molecule has 24 heavy (non-hydrogen) atoms. The lowest BCUT2D eigenvalue weighted by atomic mass is 9.91. The zero-order valence-electron chi connectivity index (χ0n) is 14.0. The normalized spacial score (nSPS) is 17.8.